The van der Waals surface area contributed by atoms with Crippen LogP contribution in [-0.2, 0) is 6.54 Å². The second kappa shape index (κ2) is 8.89. The maximum atomic E-state index is 13.5. The molecule has 1 aliphatic rings. The Balaban J connectivity index is 1.66. The lowest BCUT2D eigenvalue weighted by molar-refractivity contribution is 0.0642. The van der Waals surface area contributed by atoms with Crippen LogP contribution in [0.3, 0.4) is 0 Å². The van der Waals surface area contributed by atoms with Crippen LogP contribution in [0.25, 0.3) is 0 Å². The number of anilines is 1. The number of nitrogens with zero attached hydrogens (tertiary/aromatic N) is 2. The molecule has 0 spiro atoms. The van der Waals surface area contributed by atoms with Gasteiger partial charge in [0.15, 0.2) is 0 Å². The van der Waals surface area contributed by atoms with Gasteiger partial charge in [0.1, 0.15) is 5.75 Å². The summed E-state index contributed by atoms with van der Waals surface area (Å²) in [4.78, 5) is 41.7. The van der Waals surface area contributed by atoms with Crippen molar-refractivity contribution in [2.75, 3.05) is 18.6 Å². The number of methoxy groups -OCH3 is 1. The number of hydrogen-bond donors (Lipinski definition) is 0. The normalized spacial score (nSPS) is 12.5. The zero-order valence-corrected chi connectivity index (χ0v) is 17.7. The highest BCUT2D eigenvalue weighted by Crippen LogP contribution is 2.28. The number of carbonyl (C=O) groups is 3. The molecule has 3 aromatic carbocycles. The van der Waals surface area contributed by atoms with Crippen LogP contribution in [0.1, 0.15) is 36.6 Å². The third-order valence-corrected chi connectivity index (χ3v) is 5.34. The van der Waals surface area contributed by atoms with Crippen molar-refractivity contribution < 1.29 is 19.1 Å². The zero-order chi connectivity index (χ0) is 22.7. The molecule has 1 heterocycles. The summed E-state index contributed by atoms with van der Waals surface area (Å²) in [5.74, 6) is -0.540. The maximum Gasteiger partial charge on any atom is 0.262 e. The van der Waals surface area contributed by atoms with Crippen molar-refractivity contribution in [2.24, 2.45) is 0 Å². The average Bonchev–Trinajstić information content (AvgIpc) is 3.07. The van der Waals surface area contributed by atoms with E-state index in [1.807, 2.05) is 30.3 Å². The van der Waals surface area contributed by atoms with Crippen LogP contribution in [-0.4, -0.2) is 36.3 Å². The van der Waals surface area contributed by atoms with E-state index < -0.39 is 0 Å². The molecule has 3 aromatic rings. The molecule has 0 N–H and O–H groups in total. The molecule has 160 valence electrons. The van der Waals surface area contributed by atoms with E-state index in [-0.39, 0.29) is 24.3 Å². The SMILES string of the molecule is C=CCN(C(=O)c1cc(CN2C(=O)c3ccccc3C2=O)ccc1OC)c1ccccc1. The first-order chi connectivity index (χ1) is 15.5. The number of ether oxygens (including phenoxy) is 1. The largest absolute Gasteiger partial charge is 0.496 e. The Morgan fingerprint density at radius 1 is 0.969 bits per heavy atom. The van der Waals surface area contributed by atoms with E-state index in [0.29, 0.717) is 34.5 Å². The molecule has 6 heteroatoms. The third-order valence-electron chi connectivity index (χ3n) is 5.34. The number of fused-ring (bicyclic) bond motifs is 1. The molecule has 4 rings (SSSR count). The lowest BCUT2D eigenvalue weighted by Gasteiger charge is -2.23. The van der Waals surface area contributed by atoms with Gasteiger partial charge in [-0.15, -0.1) is 6.58 Å². The molecule has 0 saturated heterocycles. The minimum atomic E-state index is -0.341. The van der Waals surface area contributed by atoms with E-state index in [1.54, 1.807) is 53.4 Å². The molecule has 0 saturated carbocycles. The van der Waals surface area contributed by atoms with Gasteiger partial charge in [0.25, 0.3) is 17.7 Å². The molecule has 3 amide bonds. The molecule has 0 aliphatic carbocycles. The van der Waals surface area contributed by atoms with Crippen molar-refractivity contribution in [2.45, 2.75) is 6.54 Å². The number of amides is 3. The summed E-state index contributed by atoms with van der Waals surface area (Å²) in [6.07, 6.45) is 1.65. The molecule has 0 bridgehead atoms. The summed E-state index contributed by atoms with van der Waals surface area (Å²) >= 11 is 0. The first-order valence-corrected chi connectivity index (χ1v) is 10.1. The van der Waals surface area contributed by atoms with Gasteiger partial charge in [0.2, 0.25) is 0 Å². The second-order valence-electron chi connectivity index (χ2n) is 7.32. The summed E-state index contributed by atoms with van der Waals surface area (Å²) in [5, 5.41) is 0. The van der Waals surface area contributed by atoms with Gasteiger partial charge in [-0.25, -0.2) is 0 Å². The standard InChI is InChI=1S/C26H22N2O4/c1-3-15-27(19-9-5-4-6-10-19)26(31)22-16-18(13-14-23(22)32-2)17-28-24(29)20-11-7-8-12-21(20)25(28)30/h3-14,16H,1,15,17H2,2H3. The smallest absolute Gasteiger partial charge is 0.262 e. The van der Waals surface area contributed by atoms with Gasteiger partial charge in [0, 0.05) is 12.2 Å². The van der Waals surface area contributed by atoms with Crippen LogP contribution >= 0.6 is 0 Å². The molecule has 0 fully saturated rings. The highest BCUT2D eigenvalue weighted by atomic mass is 16.5. The van der Waals surface area contributed by atoms with Gasteiger partial charge in [-0.2, -0.15) is 0 Å². The number of carbonyl (C=O) groups excluding carboxylic acids is 3. The van der Waals surface area contributed by atoms with E-state index in [1.165, 1.54) is 12.0 Å². The highest BCUT2D eigenvalue weighted by molar-refractivity contribution is 6.21. The van der Waals surface area contributed by atoms with Gasteiger partial charge >= 0.3 is 0 Å². The molecule has 0 unspecified atom stereocenters. The third kappa shape index (κ3) is 3.78. The van der Waals surface area contributed by atoms with E-state index in [9.17, 15) is 14.4 Å². The molecule has 0 aromatic heterocycles. The average molecular weight is 426 g/mol. The molecular weight excluding hydrogens is 404 g/mol. The van der Waals surface area contributed by atoms with Crippen LogP contribution in [0.15, 0.2) is 85.5 Å². The fraction of sp³-hybridized carbons (Fsp3) is 0.115. The number of benzene rings is 3. The van der Waals surface area contributed by atoms with E-state index in [0.717, 1.165) is 5.69 Å². The van der Waals surface area contributed by atoms with Crippen molar-refractivity contribution in [3.8, 4) is 5.75 Å². The molecule has 1 aliphatic heterocycles. The van der Waals surface area contributed by atoms with Gasteiger partial charge in [0.05, 0.1) is 30.3 Å². The quantitative estimate of drug-likeness (QED) is 0.417. The summed E-state index contributed by atoms with van der Waals surface area (Å²) < 4.78 is 5.43. The topological polar surface area (TPSA) is 66.9 Å². The Hall–Kier alpha value is -4.19. The number of imide groups is 1. The summed E-state index contributed by atoms with van der Waals surface area (Å²) in [6.45, 7) is 4.13. The second-order valence-corrected chi connectivity index (χ2v) is 7.32. The fourth-order valence-electron chi connectivity index (χ4n) is 3.77. The Labute approximate surface area is 186 Å². The zero-order valence-electron chi connectivity index (χ0n) is 17.7. The highest BCUT2D eigenvalue weighted by Gasteiger charge is 2.35. The van der Waals surface area contributed by atoms with Gasteiger partial charge in [-0.1, -0.05) is 42.5 Å². The van der Waals surface area contributed by atoms with Crippen molar-refractivity contribution in [3.63, 3.8) is 0 Å². The molecule has 6 nitrogen and oxygen atoms in total. The molecular formula is C26H22N2O4. The maximum absolute atomic E-state index is 13.5. The first kappa shape index (κ1) is 21.1. The Morgan fingerprint density at radius 3 is 2.19 bits per heavy atom. The lowest BCUT2D eigenvalue weighted by Crippen LogP contribution is -2.32. The van der Waals surface area contributed by atoms with Gasteiger partial charge < -0.3 is 9.64 Å². The number of hydrogen-bond acceptors (Lipinski definition) is 4. The Kier molecular flexibility index (Phi) is 5.85. The van der Waals surface area contributed by atoms with Crippen LogP contribution in [0.4, 0.5) is 5.69 Å². The van der Waals surface area contributed by atoms with Gasteiger partial charge in [-0.3, -0.25) is 19.3 Å². The monoisotopic (exact) mass is 426 g/mol. The van der Waals surface area contributed by atoms with Crippen LogP contribution < -0.4 is 9.64 Å². The van der Waals surface area contributed by atoms with Crippen LogP contribution in [0, 0.1) is 0 Å². The number of rotatable bonds is 7. The van der Waals surface area contributed by atoms with E-state index in [2.05, 4.69) is 6.58 Å². The first-order valence-electron chi connectivity index (χ1n) is 10.1. The predicted octanol–water partition coefficient (Wildman–Crippen LogP) is 4.32. The molecule has 32 heavy (non-hydrogen) atoms. The minimum absolute atomic E-state index is 0.0589. The van der Waals surface area contributed by atoms with Crippen molar-refractivity contribution in [3.05, 3.63) is 108 Å². The Morgan fingerprint density at radius 2 is 1.59 bits per heavy atom. The lowest BCUT2D eigenvalue weighted by atomic mass is 10.1. The summed E-state index contributed by atoms with van der Waals surface area (Å²) in [5.41, 5.74) is 2.50. The summed E-state index contributed by atoms with van der Waals surface area (Å²) in [6, 6.07) is 21.1. The number of para-hydroxylation sites is 1. The van der Waals surface area contributed by atoms with Crippen molar-refractivity contribution in [1.29, 1.82) is 0 Å². The van der Waals surface area contributed by atoms with E-state index in [4.69, 9.17) is 4.74 Å². The molecule has 0 radical (unpaired) electrons. The fourth-order valence-corrected chi connectivity index (χ4v) is 3.77. The van der Waals surface area contributed by atoms with Crippen molar-refractivity contribution in [1.82, 2.24) is 4.90 Å². The Bertz CT molecular complexity index is 1170. The van der Waals surface area contributed by atoms with Crippen LogP contribution in [0.5, 0.6) is 5.75 Å². The van der Waals surface area contributed by atoms with Gasteiger partial charge in [-0.05, 0) is 42.0 Å². The van der Waals surface area contributed by atoms with Crippen molar-refractivity contribution >= 4 is 23.4 Å². The molecule has 0 atom stereocenters. The minimum Gasteiger partial charge on any atom is -0.496 e. The predicted molar refractivity (Wildman–Crippen MR) is 122 cm³/mol. The summed E-state index contributed by atoms with van der Waals surface area (Å²) in [7, 11) is 1.50. The van der Waals surface area contributed by atoms with Crippen LogP contribution in [0.2, 0.25) is 0 Å². The van der Waals surface area contributed by atoms with E-state index >= 15 is 0 Å².